The van der Waals surface area contributed by atoms with Gasteiger partial charge in [-0.1, -0.05) is 12.1 Å². The number of hydrogen-bond donors (Lipinski definition) is 2. The lowest BCUT2D eigenvalue weighted by Crippen LogP contribution is -2.36. The average Bonchev–Trinajstić information content (AvgIpc) is 2.39. The summed E-state index contributed by atoms with van der Waals surface area (Å²) in [6.07, 6.45) is 0.534. The van der Waals surface area contributed by atoms with Crippen LogP contribution in [0.2, 0.25) is 0 Å². The third kappa shape index (κ3) is 4.55. The van der Waals surface area contributed by atoms with Gasteiger partial charge in [0.15, 0.2) is 0 Å². The van der Waals surface area contributed by atoms with Crippen LogP contribution in [0.5, 0.6) is 0 Å². The summed E-state index contributed by atoms with van der Waals surface area (Å²) < 4.78 is 0. The Hall–Kier alpha value is -2.15. The van der Waals surface area contributed by atoms with Crippen molar-refractivity contribution in [3.05, 3.63) is 34.4 Å². The molecule has 0 spiro atoms. The first-order chi connectivity index (χ1) is 9.06. The van der Waals surface area contributed by atoms with Gasteiger partial charge >= 0.3 is 11.8 Å². The van der Waals surface area contributed by atoms with Crippen LogP contribution in [0, 0.1) is 10.1 Å². The highest BCUT2D eigenvalue weighted by Gasteiger charge is 2.18. The topological polar surface area (TPSA) is 101 Å². The molecule has 0 aliphatic carbocycles. The highest BCUT2D eigenvalue weighted by Crippen LogP contribution is 2.22. The number of para-hydroxylation sites is 2. The second-order valence-electron chi connectivity index (χ2n) is 3.53. The van der Waals surface area contributed by atoms with Gasteiger partial charge in [0.05, 0.1) is 4.92 Å². The normalized spacial score (nSPS) is 9.74. The molecule has 0 radical (unpaired) electrons. The van der Waals surface area contributed by atoms with Crippen molar-refractivity contribution in [1.29, 1.82) is 0 Å². The van der Waals surface area contributed by atoms with E-state index in [0.717, 1.165) is 0 Å². The van der Waals surface area contributed by atoms with Crippen molar-refractivity contribution < 1.29 is 14.5 Å². The molecule has 0 fully saturated rings. The monoisotopic (exact) mass is 285 g/mol. The highest BCUT2D eigenvalue weighted by molar-refractivity contribution is 6.39. The number of carbonyl (C=O) groups excluding carboxylic acids is 2. The van der Waals surface area contributed by atoms with Gasteiger partial charge in [0.2, 0.25) is 0 Å². The molecule has 1 rings (SSSR count). The van der Waals surface area contributed by atoms with Crippen LogP contribution in [0.15, 0.2) is 24.3 Å². The van der Waals surface area contributed by atoms with Crippen molar-refractivity contribution in [2.24, 2.45) is 0 Å². The zero-order valence-electron chi connectivity index (χ0n) is 9.89. The van der Waals surface area contributed by atoms with E-state index in [2.05, 4.69) is 10.6 Å². The minimum atomic E-state index is -0.955. The molecule has 0 bridgehead atoms. The molecule has 102 valence electrons. The zero-order valence-corrected chi connectivity index (χ0v) is 10.6. The van der Waals surface area contributed by atoms with Gasteiger partial charge in [0.1, 0.15) is 5.69 Å². The number of anilines is 1. The van der Waals surface area contributed by atoms with E-state index in [1.807, 2.05) is 0 Å². The predicted octanol–water partition coefficient (Wildman–Crippen LogP) is 1.28. The lowest BCUT2D eigenvalue weighted by Gasteiger charge is -2.06. The molecular formula is C11H12ClN3O4. The second kappa shape index (κ2) is 7.32. The van der Waals surface area contributed by atoms with Gasteiger partial charge in [-0.2, -0.15) is 0 Å². The molecule has 7 nitrogen and oxygen atoms in total. The lowest BCUT2D eigenvalue weighted by molar-refractivity contribution is -0.383. The van der Waals surface area contributed by atoms with Crippen LogP contribution in [0.1, 0.15) is 6.42 Å². The number of benzene rings is 1. The van der Waals surface area contributed by atoms with E-state index < -0.39 is 16.7 Å². The molecule has 0 saturated carbocycles. The summed E-state index contributed by atoms with van der Waals surface area (Å²) in [5.41, 5.74) is -0.297. The number of nitrogens with zero attached hydrogens (tertiary/aromatic N) is 1. The largest absolute Gasteiger partial charge is 0.348 e. The SMILES string of the molecule is O=C(NCCCCl)C(=O)Nc1ccccc1[N+](=O)[O-]. The van der Waals surface area contributed by atoms with Gasteiger partial charge in [-0.25, -0.2) is 0 Å². The Morgan fingerprint density at radius 1 is 1.26 bits per heavy atom. The van der Waals surface area contributed by atoms with E-state index in [1.54, 1.807) is 0 Å². The van der Waals surface area contributed by atoms with E-state index in [4.69, 9.17) is 11.6 Å². The molecule has 0 aliphatic heterocycles. The van der Waals surface area contributed by atoms with Crippen LogP contribution < -0.4 is 10.6 Å². The van der Waals surface area contributed by atoms with Crippen molar-refractivity contribution in [3.8, 4) is 0 Å². The van der Waals surface area contributed by atoms with Crippen molar-refractivity contribution >= 4 is 34.8 Å². The molecule has 1 aromatic carbocycles. The smallest absolute Gasteiger partial charge is 0.313 e. The summed E-state index contributed by atoms with van der Waals surface area (Å²) in [5, 5.41) is 15.3. The van der Waals surface area contributed by atoms with E-state index in [1.165, 1.54) is 24.3 Å². The van der Waals surface area contributed by atoms with Crippen LogP contribution in [0.3, 0.4) is 0 Å². The standard InChI is InChI=1S/C11H12ClN3O4/c12-6-3-7-13-10(16)11(17)14-8-4-1-2-5-9(8)15(18)19/h1-2,4-5H,3,6-7H2,(H,13,16)(H,14,17). The van der Waals surface area contributed by atoms with Crippen LogP contribution in [-0.4, -0.2) is 29.2 Å². The number of nitrogens with one attached hydrogen (secondary N) is 2. The van der Waals surface area contributed by atoms with Gasteiger partial charge in [-0.3, -0.25) is 19.7 Å². The van der Waals surface area contributed by atoms with E-state index in [9.17, 15) is 19.7 Å². The molecular weight excluding hydrogens is 274 g/mol. The maximum Gasteiger partial charge on any atom is 0.313 e. The number of alkyl halides is 1. The maximum atomic E-state index is 11.5. The summed E-state index contributed by atoms with van der Waals surface area (Å²) in [5.74, 6) is -1.45. The second-order valence-corrected chi connectivity index (χ2v) is 3.90. The minimum Gasteiger partial charge on any atom is -0.348 e. The van der Waals surface area contributed by atoms with Gasteiger partial charge in [0, 0.05) is 18.5 Å². The van der Waals surface area contributed by atoms with Crippen molar-refractivity contribution in [2.45, 2.75) is 6.42 Å². The molecule has 0 saturated heterocycles. The number of halogens is 1. The van der Waals surface area contributed by atoms with Gasteiger partial charge in [0.25, 0.3) is 5.69 Å². The fourth-order valence-electron chi connectivity index (χ4n) is 1.27. The molecule has 0 unspecified atom stereocenters. The number of rotatable bonds is 5. The lowest BCUT2D eigenvalue weighted by atomic mass is 10.2. The fourth-order valence-corrected chi connectivity index (χ4v) is 1.40. The first-order valence-corrected chi connectivity index (χ1v) is 5.98. The Morgan fingerprint density at radius 2 is 1.95 bits per heavy atom. The molecule has 1 aromatic rings. The number of hydrogen-bond acceptors (Lipinski definition) is 4. The highest BCUT2D eigenvalue weighted by atomic mass is 35.5. The fraction of sp³-hybridized carbons (Fsp3) is 0.273. The quantitative estimate of drug-likeness (QED) is 0.280. The third-order valence-corrected chi connectivity index (χ3v) is 2.42. The predicted molar refractivity (Wildman–Crippen MR) is 70.1 cm³/mol. The zero-order chi connectivity index (χ0) is 14.3. The average molecular weight is 286 g/mol. The summed E-state index contributed by atoms with van der Waals surface area (Å²) in [7, 11) is 0. The Bertz CT molecular complexity index is 493. The molecule has 0 aromatic heterocycles. The van der Waals surface area contributed by atoms with Crippen molar-refractivity contribution in [1.82, 2.24) is 5.32 Å². The molecule has 19 heavy (non-hydrogen) atoms. The van der Waals surface area contributed by atoms with Gasteiger partial charge < -0.3 is 10.6 Å². The first kappa shape index (κ1) is 14.9. The summed E-state index contributed by atoms with van der Waals surface area (Å²) >= 11 is 5.42. The summed E-state index contributed by atoms with van der Waals surface area (Å²) in [6, 6.07) is 5.57. The molecule has 0 heterocycles. The number of carbonyl (C=O) groups is 2. The molecule has 0 atom stereocenters. The van der Waals surface area contributed by atoms with E-state index >= 15 is 0 Å². The number of amides is 2. The van der Waals surface area contributed by atoms with Crippen LogP contribution in [0.4, 0.5) is 11.4 Å². The van der Waals surface area contributed by atoms with E-state index in [0.29, 0.717) is 12.3 Å². The number of nitro benzene ring substituents is 1. The van der Waals surface area contributed by atoms with Crippen molar-refractivity contribution in [2.75, 3.05) is 17.7 Å². The van der Waals surface area contributed by atoms with Crippen molar-refractivity contribution in [3.63, 3.8) is 0 Å². The Morgan fingerprint density at radius 3 is 2.58 bits per heavy atom. The van der Waals surface area contributed by atoms with Crippen LogP contribution >= 0.6 is 11.6 Å². The Kier molecular flexibility index (Phi) is 5.74. The third-order valence-electron chi connectivity index (χ3n) is 2.15. The van der Waals surface area contributed by atoms with Crippen LogP contribution in [-0.2, 0) is 9.59 Å². The Balaban J connectivity index is 2.66. The molecule has 0 aliphatic rings. The maximum absolute atomic E-state index is 11.5. The molecule has 8 heteroatoms. The first-order valence-electron chi connectivity index (χ1n) is 5.45. The summed E-state index contributed by atoms with van der Waals surface area (Å²) in [6.45, 7) is 0.270. The molecule has 2 amide bonds. The van der Waals surface area contributed by atoms with Gasteiger partial charge in [-0.05, 0) is 12.5 Å². The van der Waals surface area contributed by atoms with E-state index in [-0.39, 0.29) is 17.9 Å². The van der Waals surface area contributed by atoms with Gasteiger partial charge in [-0.15, -0.1) is 11.6 Å². The minimum absolute atomic E-state index is 0.0232. The summed E-state index contributed by atoms with van der Waals surface area (Å²) in [4.78, 5) is 33.0. The molecule has 2 N–H and O–H groups in total. The number of nitro groups is 1. The Labute approximate surface area is 114 Å². The van der Waals surface area contributed by atoms with Crippen LogP contribution in [0.25, 0.3) is 0 Å².